The molecule has 8 aromatic carbocycles. The minimum atomic E-state index is -1.91. The fourth-order valence-electron chi connectivity index (χ4n) is 9.38. The van der Waals surface area contributed by atoms with E-state index < -0.39 is 243 Å². The molecule has 26 heteroatoms. The van der Waals surface area contributed by atoms with Gasteiger partial charge in [0, 0.05) is 65.9 Å². The largest absolute Gasteiger partial charge is 0.506 e. The molecule has 0 saturated carbocycles. The van der Waals surface area contributed by atoms with Gasteiger partial charge in [0.05, 0.1) is 27.8 Å². The molecule has 1 unspecified atom stereocenters. The van der Waals surface area contributed by atoms with Crippen LogP contribution in [0.4, 0.5) is 0 Å². The fraction of sp³-hybridized carbons (Fsp3) is 0.0233. The maximum atomic E-state index is 12.2. The highest BCUT2D eigenvalue weighted by Crippen LogP contribution is 2.70. The Bertz CT molecular complexity index is 3940. The number of rotatable bonds is 2. The molecule has 69 heavy (non-hydrogen) atoms. The molecular formula is C43H27NO25. The molecule has 0 fully saturated rings. The summed E-state index contributed by atoms with van der Waals surface area (Å²) in [4.78, 5) is 0. The monoisotopic (exact) mass is 957 g/mol. The maximum Gasteiger partial charge on any atom is 0.205 e. The van der Waals surface area contributed by atoms with E-state index in [-0.39, 0.29) is 0 Å². The van der Waals surface area contributed by atoms with Crippen LogP contribution in [0, 0.1) is 0 Å². The quantitative estimate of drug-likeness (QED) is 0.0650. The average molecular weight is 958 g/mol. The average Bonchev–Trinajstić information content (AvgIpc) is 3.87. The number of hydrogen-bond donors (Lipinski definition) is 25. The third-order valence-electron chi connectivity index (χ3n) is 12.4. The summed E-state index contributed by atoms with van der Waals surface area (Å²) in [6, 6.07) is -1.91. The molecule has 10 rings (SSSR count). The molecule has 1 aromatic heterocycles. The van der Waals surface area contributed by atoms with E-state index in [2.05, 4.69) is 0 Å². The second-order valence-corrected chi connectivity index (χ2v) is 15.7. The van der Waals surface area contributed by atoms with E-state index in [1.54, 1.807) is 0 Å². The standard InChI is InChI=1S/C43H27NO25/c44-17-11-8(9-12(17)26(53)37(64)36(63)24(9)51)18(45)13(27(54)25(11)52)2-5-3(19(46)32(59)34(61)21(5)48)1(4-6(2)22(49)35(62)33(60)20(4)47)7-10-15-30(57)28(55)14-16(31(58)39(66)38(65)29(14)56)42(15)69-43(10)41(68)40(67)23(7)50/h17,45-68H,44H2. The van der Waals surface area contributed by atoms with Crippen molar-refractivity contribution in [1.29, 1.82) is 0 Å². The highest BCUT2D eigenvalue weighted by atomic mass is 16.4. The van der Waals surface area contributed by atoms with Crippen molar-refractivity contribution in [3.63, 3.8) is 0 Å². The van der Waals surface area contributed by atoms with Gasteiger partial charge in [0.15, 0.2) is 85.9 Å². The van der Waals surface area contributed by atoms with Crippen molar-refractivity contribution in [3.05, 3.63) is 11.1 Å². The lowest BCUT2D eigenvalue weighted by molar-refractivity contribution is 0.344. The molecule has 0 spiro atoms. The van der Waals surface area contributed by atoms with Gasteiger partial charge in [-0.2, -0.15) is 0 Å². The highest BCUT2D eigenvalue weighted by molar-refractivity contribution is 6.35. The SMILES string of the molecule is NC1c2c(O)c(O)c(O)c(O)c2-c2c(O)c(-c3c4c(O)c(O)c(O)c(O)c4c(-c4c(O)c(O)c(O)c5oc6c7c(O)c(O)c(O)c(O)c7c(O)c(O)c6c45)c4c(O)c(O)c(O)c(O)c34)c(O)c(O)c21. The maximum absolute atomic E-state index is 12.2. The predicted octanol–water partition coefficient (Wildman–Crippen LogP) is 4.34. The van der Waals surface area contributed by atoms with Crippen molar-refractivity contribution in [2.24, 2.45) is 5.73 Å². The minimum absolute atomic E-state index is 0.715. The molecular weight excluding hydrogens is 930 g/mol. The third kappa shape index (κ3) is 4.54. The van der Waals surface area contributed by atoms with Crippen LogP contribution in [0.25, 0.3) is 87.6 Å². The first kappa shape index (κ1) is 42.5. The molecule has 354 valence electrons. The van der Waals surface area contributed by atoms with Gasteiger partial charge in [0.25, 0.3) is 0 Å². The van der Waals surface area contributed by atoms with Gasteiger partial charge in [-0.05, 0) is 0 Å². The van der Waals surface area contributed by atoms with Crippen molar-refractivity contribution < 1.29 is 127 Å². The summed E-state index contributed by atoms with van der Waals surface area (Å²) in [6.07, 6.45) is 0. The van der Waals surface area contributed by atoms with E-state index >= 15 is 0 Å². The van der Waals surface area contributed by atoms with Gasteiger partial charge < -0.3 is 133 Å². The zero-order valence-electron chi connectivity index (χ0n) is 33.3. The first-order chi connectivity index (χ1) is 32.3. The van der Waals surface area contributed by atoms with E-state index in [9.17, 15) is 123 Å². The van der Waals surface area contributed by atoms with E-state index in [4.69, 9.17) is 10.2 Å². The second kappa shape index (κ2) is 12.9. The van der Waals surface area contributed by atoms with Crippen LogP contribution >= 0.6 is 0 Å². The molecule has 0 bridgehead atoms. The number of fused-ring (bicyclic) bond motifs is 10. The van der Waals surface area contributed by atoms with Crippen LogP contribution in [0.3, 0.4) is 0 Å². The molecule has 1 atom stereocenters. The van der Waals surface area contributed by atoms with E-state index in [0.29, 0.717) is 0 Å². The molecule has 0 saturated heterocycles. The van der Waals surface area contributed by atoms with Crippen LogP contribution in [0.5, 0.6) is 138 Å². The molecule has 0 amide bonds. The summed E-state index contributed by atoms with van der Waals surface area (Å²) in [5.41, 5.74) is -4.42. The van der Waals surface area contributed by atoms with Crippen molar-refractivity contribution in [2.45, 2.75) is 6.04 Å². The lowest BCUT2D eigenvalue weighted by Gasteiger charge is -2.25. The smallest absolute Gasteiger partial charge is 0.205 e. The molecule has 0 radical (unpaired) electrons. The Kier molecular flexibility index (Phi) is 7.91. The van der Waals surface area contributed by atoms with Crippen molar-refractivity contribution in [2.75, 3.05) is 0 Å². The molecule has 26 N–H and O–H groups in total. The molecule has 1 heterocycles. The molecule has 26 nitrogen and oxygen atoms in total. The second-order valence-electron chi connectivity index (χ2n) is 15.7. The van der Waals surface area contributed by atoms with Crippen molar-refractivity contribution in [1.82, 2.24) is 0 Å². The Labute approximate surface area is 375 Å². The Morgan fingerprint density at radius 3 is 0.942 bits per heavy atom. The third-order valence-corrected chi connectivity index (χ3v) is 12.4. The van der Waals surface area contributed by atoms with Crippen LogP contribution in [-0.2, 0) is 0 Å². The first-order valence-electron chi connectivity index (χ1n) is 18.9. The number of furan rings is 1. The first-order valence-corrected chi connectivity index (χ1v) is 18.9. The number of nitrogens with two attached hydrogens (primary N) is 1. The summed E-state index contributed by atoms with van der Waals surface area (Å²) in [6.45, 7) is 0. The normalized spacial score (nSPS) is 13.4. The summed E-state index contributed by atoms with van der Waals surface area (Å²) in [5.74, 6) is -36.9. The van der Waals surface area contributed by atoms with Gasteiger partial charge in [-0.25, -0.2) is 0 Å². The Morgan fingerprint density at radius 2 is 0.478 bits per heavy atom. The number of benzene rings is 8. The zero-order valence-corrected chi connectivity index (χ0v) is 33.3. The molecule has 9 aromatic rings. The summed E-state index contributed by atoms with van der Waals surface area (Å²) >= 11 is 0. The Balaban J connectivity index is 1.54. The Hall–Kier alpha value is -10.5. The molecule has 0 aliphatic heterocycles. The fourth-order valence-corrected chi connectivity index (χ4v) is 9.38. The van der Waals surface area contributed by atoms with E-state index in [0.717, 1.165) is 0 Å². The van der Waals surface area contributed by atoms with Gasteiger partial charge in [0.1, 0.15) is 5.75 Å². The van der Waals surface area contributed by atoms with Gasteiger partial charge in [-0.3, -0.25) is 0 Å². The minimum Gasteiger partial charge on any atom is -0.506 e. The predicted molar refractivity (Wildman–Crippen MR) is 229 cm³/mol. The van der Waals surface area contributed by atoms with Crippen LogP contribution in [-0.4, -0.2) is 123 Å². The van der Waals surface area contributed by atoms with Crippen molar-refractivity contribution in [3.8, 4) is 171 Å². The summed E-state index contributed by atoms with van der Waals surface area (Å²) in [5, 5.41) is 260. The van der Waals surface area contributed by atoms with Gasteiger partial charge in [-0.15, -0.1) is 0 Å². The number of hydrogen-bond acceptors (Lipinski definition) is 26. The van der Waals surface area contributed by atoms with Gasteiger partial charge >= 0.3 is 0 Å². The number of aromatic hydroxyl groups is 24. The highest BCUT2D eigenvalue weighted by Gasteiger charge is 2.44. The summed E-state index contributed by atoms with van der Waals surface area (Å²) in [7, 11) is 0. The van der Waals surface area contributed by atoms with Crippen LogP contribution in [0.1, 0.15) is 17.2 Å². The van der Waals surface area contributed by atoms with Crippen molar-refractivity contribution >= 4 is 54.3 Å². The zero-order chi connectivity index (χ0) is 50.5. The lowest BCUT2D eigenvalue weighted by atomic mass is 9.81. The van der Waals surface area contributed by atoms with Gasteiger partial charge in [0.2, 0.25) is 57.5 Å². The molecule has 1 aliphatic carbocycles. The van der Waals surface area contributed by atoms with E-state index in [1.807, 2.05) is 0 Å². The lowest BCUT2D eigenvalue weighted by Crippen LogP contribution is -2.09. The van der Waals surface area contributed by atoms with Gasteiger partial charge in [-0.1, -0.05) is 0 Å². The van der Waals surface area contributed by atoms with E-state index in [1.165, 1.54) is 0 Å². The van der Waals surface area contributed by atoms with Crippen LogP contribution in [0.2, 0.25) is 0 Å². The van der Waals surface area contributed by atoms with Crippen LogP contribution < -0.4 is 5.73 Å². The topological polar surface area (TPSA) is 525 Å². The number of phenols is 24. The summed E-state index contributed by atoms with van der Waals surface area (Å²) < 4.78 is 5.70. The number of phenolic OH excluding ortho intramolecular Hbond substituents is 24. The van der Waals surface area contributed by atoms with Crippen LogP contribution in [0.15, 0.2) is 4.42 Å². The Morgan fingerprint density at radius 1 is 0.203 bits per heavy atom. The molecule has 1 aliphatic rings.